The molecule has 13 nitrogen and oxygen atoms in total. The van der Waals surface area contributed by atoms with E-state index in [-0.39, 0.29) is 62.6 Å². The fraction of sp³-hybridized carbons (Fsp3) is 0.333. The van der Waals surface area contributed by atoms with Crippen LogP contribution in [0.1, 0.15) is 27.0 Å². The van der Waals surface area contributed by atoms with Crippen LogP contribution >= 0.6 is 0 Å². The highest BCUT2D eigenvalue weighted by molar-refractivity contribution is 6.07. The summed E-state index contributed by atoms with van der Waals surface area (Å²) in [6.07, 6.45) is 2.89. The predicted octanol–water partition coefficient (Wildman–Crippen LogP) is 2.67. The molecule has 4 aromatic rings. The van der Waals surface area contributed by atoms with Crippen molar-refractivity contribution in [3.8, 4) is 5.75 Å². The summed E-state index contributed by atoms with van der Waals surface area (Å²) in [5.41, 5.74) is 3.99. The fourth-order valence-electron chi connectivity index (χ4n) is 7.65. The highest BCUT2D eigenvalue weighted by Crippen LogP contribution is 2.32. The topological polar surface area (TPSA) is 134 Å². The van der Waals surface area contributed by atoms with Gasteiger partial charge in [-0.25, -0.2) is 14.8 Å². The summed E-state index contributed by atoms with van der Waals surface area (Å²) in [6.45, 7) is 7.32. The first kappa shape index (κ1) is 34.8. The second kappa shape index (κ2) is 14.9. The minimum atomic E-state index is -0.913. The van der Waals surface area contributed by atoms with Crippen LogP contribution in [-0.2, 0) is 36.1 Å². The molecule has 270 valence electrons. The van der Waals surface area contributed by atoms with E-state index < -0.39 is 18.2 Å². The standard InChI is InChI=1S/C39H44N8O5/c1-3-18-45-26-35(49)46-33(21-27-12-14-30(48)15-13-27)38(51)44(25-34(46)47(45)39(52)41-22-28-8-5-4-6-9-28)23-29-10-7-11-31-32(24-42(2)36(29)31)37(50)43-19-16-40-17-20-43/h3-15,24,33-34,40,48H,1,16-23,25-26H2,2H3,(H,41,52)/t33-,34-/m0/s1. The van der Waals surface area contributed by atoms with Crippen molar-refractivity contribution in [2.45, 2.75) is 31.7 Å². The number of nitrogens with one attached hydrogen (secondary N) is 2. The van der Waals surface area contributed by atoms with Crippen LogP contribution in [0.5, 0.6) is 5.75 Å². The van der Waals surface area contributed by atoms with Crippen molar-refractivity contribution in [3.05, 3.63) is 114 Å². The Morgan fingerprint density at radius 1 is 0.981 bits per heavy atom. The molecule has 3 saturated heterocycles. The van der Waals surface area contributed by atoms with Crippen molar-refractivity contribution in [1.29, 1.82) is 0 Å². The fourth-order valence-corrected chi connectivity index (χ4v) is 7.65. The SMILES string of the molecule is C=CCN1CC(=O)N2[C@@H](Cc3ccc(O)cc3)C(=O)N(Cc3cccc4c(C(=O)N5CCNCC5)cn(C)c34)C[C@@H]2N1C(=O)NCc1ccccc1. The molecule has 3 N–H and O–H groups in total. The molecule has 1 aromatic heterocycles. The van der Waals surface area contributed by atoms with Gasteiger partial charge in [0.2, 0.25) is 11.8 Å². The Labute approximate surface area is 302 Å². The first-order chi connectivity index (χ1) is 25.2. The third-order valence-electron chi connectivity index (χ3n) is 10.1. The number of benzene rings is 3. The van der Waals surface area contributed by atoms with Crippen LogP contribution in [-0.4, -0.2) is 116 Å². The lowest BCUT2D eigenvalue weighted by Crippen LogP contribution is -2.76. The lowest BCUT2D eigenvalue weighted by Gasteiger charge is -2.55. The number of hydrogen-bond acceptors (Lipinski definition) is 7. The molecule has 7 rings (SSSR count). The molecule has 0 radical (unpaired) electrons. The number of para-hydroxylation sites is 1. The Morgan fingerprint density at radius 3 is 2.46 bits per heavy atom. The van der Waals surface area contributed by atoms with Crippen molar-refractivity contribution in [1.82, 2.24) is 39.9 Å². The Morgan fingerprint density at radius 2 is 1.73 bits per heavy atom. The molecule has 3 aliphatic heterocycles. The first-order valence-electron chi connectivity index (χ1n) is 17.6. The second-order valence-electron chi connectivity index (χ2n) is 13.5. The van der Waals surface area contributed by atoms with Gasteiger partial charge in [-0.1, -0.05) is 66.7 Å². The van der Waals surface area contributed by atoms with E-state index in [2.05, 4.69) is 17.2 Å². The van der Waals surface area contributed by atoms with Gasteiger partial charge in [-0.15, -0.1) is 6.58 Å². The van der Waals surface area contributed by atoms with Crippen molar-refractivity contribution in [2.24, 2.45) is 7.05 Å². The van der Waals surface area contributed by atoms with E-state index in [0.29, 0.717) is 18.7 Å². The highest BCUT2D eigenvalue weighted by atomic mass is 16.3. The van der Waals surface area contributed by atoms with E-state index in [1.54, 1.807) is 50.2 Å². The molecule has 0 unspecified atom stereocenters. The molecule has 0 bridgehead atoms. The molecule has 0 spiro atoms. The Kier molecular flexibility index (Phi) is 9.97. The molecule has 3 fully saturated rings. The van der Waals surface area contributed by atoms with E-state index in [4.69, 9.17) is 0 Å². The van der Waals surface area contributed by atoms with E-state index in [1.807, 2.05) is 71.2 Å². The number of piperazine rings is 2. The number of phenolic OH excluding ortho intramolecular Hbond substituents is 1. The average molecular weight is 705 g/mol. The van der Waals surface area contributed by atoms with Gasteiger partial charge in [0.05, 0.1) is 24.2 Å². The lowest BCUT2D eigenvalue weighted by atomic mass is 9.98. The maximum absolute atomic E-state index is 14.6. The van der Waals surface area contributed by atoms with Gasteiger partial charge in [-0.3, -0.25) is 14.4 Å². The molecule has 2 atom stereocenters. The van der Waals surface area contributed by atoms with Crippen LogP contribution in [0.15, 0.2) is 91.6 Å². The zero-order chi connectivity index (χ0) is 36.4. The largest absolute Gasteiger partial charge is 0.508 e. The molecule has 4 heterocycles. The van der Waals surface area contributed by atoms with Gasteiger partial charge in [0.15, 0.2) is 0 Å². The lowest BCUT2D eigenvalue weighted by molar-refractivity contribution is -0.189. The number of hydrogen-bond donors (Lipinski definition) is 3. The highest BCUT2D eigenvalue weighted by Gasteiger charge is 2.51. The normalized spacial score (nSPS) is 19.6. The number of rotatable bonds is 9. The summed E-state index contributed by atoms with van der Waals surface area (Å²) in [6, 6.07) is 20.6. The second-order valence-corrected chi connectivity index (χ2v) is 13.5. The monoisotopic (exact) mass is 704 g/mol. The van der Waals surface area contributed by atoms with Crippen LogP contribution in [0.3, 0.4) is 0 Å². The number of hydrazine groups is 1. The van der Waals surface area contributed by atoms with Crippen LogP contribution in [0.25, 0.3) is 10.9 Å². The number of amides is 5. The van der Waals surface area contributed by atoms with Crippen molar-refractivity contribution < 1.29 is 24.3 Å². The zero-order valence-electron chi connectivity index (χ0n) is 29.3. The summed E-state index contributed by atoms with van der Waals surface area (Å²) in [4.78, 5) is 61.5. The van der Waals surface area contributed by atoms with E-state index >= 15 is 0 Å². The third-order valence-corrected chi connectivity index (χ3v) is 10.1. The number of phenols is 1. The minimum absolute atomic E-state index is 0.0249. The Hall–Kier alpha value is -5.66. The summed E-state index contributed by atoms with van der Waals surface area (Å²) >= 11 is 0. The molecular weight excluding hydrogens is 660 g/mol. The van der Waals surface area contributed by atoms with Crippen LogP contribution in [0, 0.1) is 0 Å². The van der Waals surface area contributed by atoms with Crippen LogP contribution in [0.2, 0.25) is 0 Å². The molecule has 0 saturated carbocycles. The molecule has 0 aliphatic carbocycles. The van der Waals surface area contributed by atoms with Gasteiger partial charge in [0, 0.05) is 70.9 Å². The van der Waals surface area contributed by atoms with E-state index in [0.717, 1.165) is 40.7 Å². The number of carbonyl (C=O) groups excluding carboxylic acids is 4. The van der Waals surface area contributed by atoms with Crippen molar-refractivity contribution in [3.63, 3.8) is 0 Å². The summed E-state index contributed by atoms with van der Waals surface area (Å²) in [5, 5.41) is 20.3. The number of fused-ring (bicyclic) bond motifs is 2. The summed E-state index contributed by atoms with van der Waals surface area (Å²) < 4.78 is 1.94. The van der Waals surface area contributed by atoms with E-state index in [9.17, 15) is 24.3 Å². The van der Waals surface area contributed by atoms with Gasteiger partial charge < -0.3 is 35.0 Å². The number of aromatic nitrogens is 1. The van der Waals surface area contributed by atoms with Gasteiger partial charge in [0.25, 0.3) is 5.91 Å². The van der Waals surface area contributed by atoms with Gasteiger partial charge in [-0.2, -0.15) is 0 Å². The number of aryl methyl sites for hydroxylation is 1. The van der Waals surface area contributed by atoms with E-state index in [1.165, 1.54) is 0 Å². The maximum atomic E-state index is 14.6. The number of nitrogens with zero attached hydrogens (tertiary/aromatic N) is 6. The first-order valence-corrected chi connectivity index (χ1v) is 17.6. The minimum Gasteiger partial charge on any atom is -0.508 e. The quantitative estimate of drug-likeness (QED) is 0.228. The summed E-state index contributed by atoms with van der Waals surface area (Å²) in [5.74, 6) is -0.443. The van der Waals surface area contributed by atoms with Crippen molar-refractivity contribution >= 4 is 34.7 Å². The smallest absolute Gasteiger partial charge is 0.334 e. The Bertz CT molecular complexity index is 1970. The number of urea groups is 1. The number of aromatic hydroxyl groups is 1. The van der Waals surface area contributed by atoms with Crippen LogP contribution < -0.4 is 10.6 Å². The van der Waals surface area contributed by atoms with Gasteiger partial charge in [0.1, 0.15) is 18.0 Å². The van der Waals surface area contributed by atoms with Gasteiger partial charge >= 0.3 is 6.03 Å². The molecule has 3 aromatic carbocycles. The predicted molar refractivity (Wildman–Crippen MR) is 196 cm³/mol. The zero-order valence-corrected chi connectivity index (χ0v) is 29.3. The molecule has 3 aliphatic rings. The van der Waals surface area contributed by atoms with Gasteiger partial charge in [-0.05, 0) is 28.8 Å². The third kappa shape index (κ3) is 6.84. The number of carbonyl (C=O) groups is 4. The molecule has 13 heteroatoms. The maximum Gasteiger partial charge on any atom is 0.334 e. The molecular formula is C39H44N8O5. The van der Waals surface area contributed by atoms with Crippen LogP contribution in [0.4, 0.5) is 4.79 Å². The molecule has 52 heavy (non-hydrogen) atoms. The molecule has 5 amide bonds. The summed E-state index contributed by atoms with van der Waals surface area (Å²) in [7, 11) is 1.90. The average Bonchev–Trinajstić information content (AvgIpc) is 3.50. The Balaban J connectivity index is 1.24. The van der Waals surface area contributed by atoms with Crippen molar-refractivity contribution in [2.75, 3.05) is 45.8 Å².